The third kappa shape index (κ3) is 24.6. The molecular weight excluding hydrogens is 1620 g/mol. The second-order valence-electron chi connectivity index (χ2n) is 27.6. The van der Waals surface area contributed by atoms with E-state index in [0.717, 1.165) is 67.1 Å². The van der Waals surface area contributed by atoms with Crippen LogP contribution in [0.25, 0.3) is 39.2 Å². The molecule has 11 atom stereocenters. The van der Waals surface area contributed by atoms with Crippen LogP contribution in [0, 0.1) is 51.7 Å². The standard InChI is InChI=1S/C23H30N5O3P.C16H22N3O3P.C14H14N2O4.C14H16N2O3S.C7H8N2O2.C5H11ClNOP.CO2/c1-14-6-8-19(15(2)25-14)24-11-10-22(32(30)28(5)16(3)17(4)31-32)23-26-20-9-7-18(13-29)12-21(20)27-23;1-5-15(23(21)19(4)10(2)11(3)22-23)16-17-13-7-6-12(9-20)8-14(13)18-16;1-3-20-13(17)7-6-12-15-10-5-4-9(14(18)19-2)8-11(10)16-12;1-10-4-7-13(8-5-10)20(17,18)19-16-14-9-6-11(2)15-12(14)3;1-5-2-3-6(8)7(4-5)9(10)11;1-4-5(2)8-9(6)7(4)3;2-1-3/h6-12,16-17,22,24,29H,13H2,1-5H3,(H,26,27);5-8,10-11,15,20H,1,9H2,2-4H3,(H,17,18);4-8H,3H2,1-2H3,(H,15,16);4-9,16H,1-3H3;2-4H,8H2,1H3;4-5H,1-3H3;/b11-10-;;7-6-;;;;/t16-,17+,22?,32?;10-,11+,15?,23?;;;;4-,5+,9?;/m11...1./s1. The van der Waals surface area contributed by atoms with Crippen molar-refractivity contribution in [3.05, 3.63) is 231 Å². The monoisotopic (exact) mass is 1720 g/mol. The number of hydrogen-bond acceptors (Lipinski definition) is 27. The Morgan fingerprint density at radius 3 is 1.65 bits per heavy atom. The zero-order valence-corrected chi connectivity index (χ0v) is 72.8. The lowest BCUT2D eigenvalue weighted by Gasteiger charge is -2.25. The summed E-state index contributed by atoms with van der Waals surface area (Å²) in [5.41, 5.74) is 19.9. The molecule has 3 fully saturated rings. The van der Waals surface area contributed by atoms with Crippen LogP contribution in [0.15, 0.2) is 157 Å². The molecule has 5 aromatic carbocycles. The van der Waals surface area contributed by atoms with E-state index in [9.17, 15) is 47.5 Å². The van der Waals surface area contributed by atoms with Gasteiger partial charge in [-0.05, 0) is 242 Å². The van der Waals surface area contributed by atoms with Crippen molar-refractivity contribution >= 4 is 124 Å². The number of aliphatic hydroxyl groups is 2. The molecule has 5 aromatic heterocycles. The minimum absolute atomic E-state index is 0.0126. The van der Waals surface area contributed by atoms with Crippen molar-refractivity contribution in [1.82, 2.24) is 53.9 Å². The zero-order valence-electron chi connectivity index (χ0n) is 68.5. The average Bonchev–Trinajstić information content (AvgIpc) is 1.61. The second-order valence-corrected chi connectivity index (χ2v) is 36.3. The molecule has 0 saturated carbocycles. The number of aryl methyl sites for hydroxylation is 6. The van der Waals surface area contributed by atoms with E-state index < -0.39 is 61.0 Å². The molecule has 10 aromatic rings. The molecule has 3 aliphatic rings. The molecule has 8 heterocycles. The van der Waals surface area contributed by atoms with Gasteiger partial charge in [-0.25, -0.2) is 44.0 Å². The number of nitro benzene ring substituents is 1. The van der Waals surface area contributed by atoms with Gasteiger partial charge in [0.15, 0.2) is 0 Å². The van der Waals surface area contributed by atoms with Crippen molar-refractivity contribution in [3.8, 4) is 0 Å². The fourth-order valence-corrected chi connectivity index (χ4v) is 19.9. The molecule has 118 heavy (non-hydrogen) atoms. The SMILES string of the molecule is C=CC(c1nc2ccc(CO)cc2[nH]1)P1(=O)O[C@@H](C)[C@@H](C)N1C.CCOC(=O)/C=C\c1nc2ccc(C(=O)OC)cc2[nH]1.C[C@@H]1OP(Cl)N(C)[C@@H]1C.Cc1ccc(N)c([N+](=O)[O-])c1.Cc1ccc(N/C=C\C(c2nc3ccc(CO)cc3[nH]2)P2(=O)O[C@@H](C)[C@@H](C)N2C)c(C)n1.Cc1ccc(S(=O)(=O)ONc2ccc(C)nc2C)cc1.O=C=O. The van der Waals surface area contributed by atoms with Gasteiger partial charge in [0.2, 0.25) is 7.65 Å². The number of aliphatic hydroxyl groups excluding tert-OH is 2. The van der Waals surface area contributed by atoms with Crippen LogP contribution < -0.4 is 16.5 Å². The number of benzene rings is 5. The fourth-order valence-electron chi connectivity index (χ4n) is 11.8. The number of methoxy groups -OCH3 is 1. The first-order chi connectivity index (χ1) is 55.8. The van der Waals surface area contributed by atoms with Gasteiger partial charge in [-0.3, -0.25) is 29.2 Å². The number of allylic oxidation sites excluding steroid dienone is 2. The van der Waals surface area contributed by atoms with E-state index in [4.69, 9.17) is 54.1 Å². The Morgan fingerprint density at radius 2 is 1.20 bits per heavy atom. The van der Waals surface area contributed by atoms with Crippen LogP contribution >= 0.6 is 33.9 Å². The Kier molecular flexibility index (Phi) is 34.7. The highest BCUT2D eigenvalue weighted by atomic mass is 35.7. The molecule has 0 amide bonds. The Hall–Kier alpha value is -10.1. The molecule has 9 N–H and O–H groups in total. The third-order valence-electron chi connectivity index (χ3n) is 19.3. The molecular formula is C80H101ClN15O18P3S. The topological polar surface area (TPSA) is 447 Å². The summed E-state index contributed by atoms with van der Waals surface area (Å²) in [7, 11) is -4.05. The average molecular weight is 1720 g/mol. The Labute approximate surface area is 691 Å². The van der Waals surface area contributed by atoms with Gasteiger partial charge in [0, 0.05) is 41.7 Å². The number of aromatic nitrogens is 8. The molecule has 3 saturated heterocycles. The lowest BCUT2D eigenvalue weighted by atomic mass is 10.2. The number of nitrogen functional groups attached to an aromatic ring is 1. The van der Waals surface area contributed by atoms with Gasteiger partial charge in [0.1, 0.15) is 34.5 Å². The van der Waals surface area contributed by atoms with Gasteiger partial charge in [0.05, 0.1) is 116 Å². The van der Waals surface area contributed by atoms with Gasteiger partial charge in [-0.1, -0.05) is 42.0 Å². The maximum Gasteiger partial charge on any atom is 0.373 e. The van der Waals surface area contributed by atoms with E-state index in [0.29, 0.717) is 64.2 Å². The maximum absolute atomic E-state index is 14.1. The highest BCUT2D eigenvalue weighted by Gasteiger charge is 2.51. The summed E-state index contributed by atoms with van der Waals surface area (Å²) >= 11 is 5.82. The van der Waals surface area contributed by atoms with E-state index in [1.165, 1.54) is 43.5 Å². The number of hydrogen-bond donors (Lipinski definition) is 8. The van der Waals surface area contributed by atoms with Gasteiger partial charge in [-0.2, -0.15) is 18.0 Å². The second kappa shape index (κ2) is 43.1. The number of nitrogens with one attached hydrogen (secondary N) is 5. The third-order valence-corrected chi connectivity index (χ3v) is 28.8. The number of nitrogens with two attached hydrogens (primary N) is 1. The van der Waals surface area contributed by atoms with Crippen LogP contribution in [0.2, 0.25) is 0 Å². The van der Waals surface area contributed by atoms with Crippen LogP contribution in [-0.4, -0.2) is 167 Å². The van der Waals surface area contributed by atoms with Crippen LogP contribution in [0.5, 0.6) is 0 Å². The van der Waals surface area contributed by atoms with Crippen molar-refractivity contribution in [3.63, 3.8) is 0 Å². The smallest absolute Gasteiger partial charge is 0.373 e. The molecule has 3 aliphatic heterocycles. The predicted molar refractivity (Wildman–Crippen MR) is 455 cm³/mol. The zero-order chi connectivity index (χ0) is 87.3. The molecule has 0 bridgehead atoms. The van der Waals surface area contributed by atoms with E-state index in [1.807, 2.05) is 143 Å². The number of rotatable bonds is 19. The fraction of sp³-hybridized carbons (Fsp3) is 0.350. The number of nitro groups is 1. The number of nitrogens with zero attached hydrogens (tertiary/aromatic N) is 9. The Morgan fingerprint density at radius 1 is 0.703 bits per heavy atom. The number of carbonyl (C=O) groups excluding carboxylic acids is 4. The lowest BCUT2D eigenvalue weighted by molar-refractivity contribution is -0.383. The number of fused-ring (bicyclic) bond motifs is 3. The summed E-state index contributed by atoms with van der Waals surface area (Å²) < 4.78 is 88.7. The highest BCUT2D eigenvalue weighted by molar-refractivity contribution is 7.86. The first-order valence-electron chi connectivity index (χ1n) is 37.0. The number of likely N-dealkylation sites (N-methyl/N-ethyl adjacent to an activating group) is 3. The van der Waals surface area contributed by atoms with Crippen molar-refractivity contribution in [1.29, 1.82) is 0 Å². The molecule has 0 radical (unpaired) electrons. The number of H-pyrrole nitrogens is 3. The maximum atomic E-state index is 14.1. The van der Waals surface area contributed by atoms with Crippen LogP contribution in [0.1, 0.15) is 133 Å². The lowest BCUT2D eigenvalue weighted by Crippen LogP contribution is -2.26. The van der Waals surface area contributed by atoms with Crippen LogP contribution in [-0.2, 0) is 74.2 Å². The van der Waals surface area contributed by atoms with Gasteiger partial charge in [-0.15, -0.1) is 10.9 Å². The van der Waals surface area contributed by atoms with Crippen molar-refractivity contribution < 1.29 is 79.2 Å². The molecule has 33 nitrogen and oxygen atoms in total. The molecule has 0 aliphatic carbocycles. The number of aromatic amines is 3. The summed E-state index contributed by atoms with van der Waals surface area (Å²) in [6, 6.07) is 35.1. The Balaban J connectivity index is 0.000000202. The summed E-state index contributed by atoms with van der Waals surface area (Å²) in [5, 5.41) is 32.3. The van der Waals surface area contributed by atoms with Crippen LogP contribution in [0.4, 0.5) is 22.7 Å². The number of pyridine rings is 2. The summed E-state index contributed by atoms with van der Waals surface area (Å²) in [4.78, 5) is 80.5. The van der Waals surface area contributed by atoms with Crippen LogP contribution in [0.3, 0.4) is 0 Å². The minimum Gasteiger partial charge on any atom is -0.465 e. The number of carbonyl (C=O) groups is 2. The summed E-state index contributed by atoms with van der Waals surface area (Å²) in [6.07, 6.45) is 8.33. The molecule has 13 rings (SSSR count). The van der Waals surface area contributed by atoms with E-state index in [-0.39, 0.29) is 59.9 Å². The summed E-state index contributed by atoms with van der Waals surface area (Å²) in [5.74, 6) is 0.799. The highest BCUT2D eigenvalue weighted by Crippen LogP contribution is 2.69. The van der Waals surface area contributed by atoms with Gasteiger partial charge in [0.25, 0.3) is 20.7 Å². The van der Waals surface area contributed by atoms with Crippen molar-refractivity contribution in [2.24, 2.45) is 0 Å². The van der Waals surface area contributed by atoms with E-state index in [2.05, 4.69) is 68.6 Å². The first-order valence-corrected chi connectivity index (χ1v) is 43.8. The number of esters is 2. The summed E-state index contributed by atoms with van der Waals surface area (Å²) in [6.45, 7) is 29.0. The van der Waals surface area contributed by atoms with E-state index in [1.54, 1.807) is 86.2 Å². The van der Waals surface area contributed by atoms with Gasteiger partial charge < -0.3 is 59.3 Å². The number of halogens is 1. The van der Waals surface area contributed by atoms with Crippen molar-refractivity contribution in [2.45, 2.75) is 156 Å². The number of imidazole rings is 3. The quantitative estimate of drug-likeness (QED) is 0.00709. The minimum atomic E-state index is -3.84. The number of ether oxygens (including phenoxy) is 2. The normalized spacial score (nSPS) is 20.9. The molecule has 5 unspecified atom stereocenters. The molecule has 0 spiro atoms. The predicted octanol–water partition coefficient (Wildman–Crippen LogP) is 15.6. The van der Waals surface area contributed by atoms with Crippen molar-refractivity contribution in [2.75, 3.05) is 51.4 Å². The molecule has 38 heteroatoms. The van der Waals surface area contributed by atoms with E-state index >= 15 is 0 Å². The Bertz CT molecular complexity index is 5460. The van der Waals surface area contributed by atoms with Gasteiger partial charge >= 0.3 is 28.2 Å². The first kappa shape index (κ1) is 95.1. The molecule has 632 valence electrons. The largest absolute Gasteiger partial charge is 0.465 e. The number of anilines is 3.